The van der Waals surface area contributed by atoms with E-state index in [9.17, 15) is 27.6 Å². The van der Waals surface area contributed by atoms with Gasteiger partial charge in [-0.25, -0.2) is 9.59 Å². The van der Waals surface area contributed by atoms with Gasteiger partial charge in [0.15, 0.2) is 5.69 Å². The van der Waals surface area contributed by atoms with Crippen LogP contribution in [0.5, 0.6) is 0 Å². The van der Waals surface area contributed by atoms with Crippen LogP contribution in [0.25, 0.3) is 11.3 Å². The first-order valence-corrected chi connectivity index (χ1v) is 11.4. The summed E-state index contributed by atoms with van der Waals surface area (Å²) in [7, 11) is 0. The standard InChI is InChI=1S/C23H25F3N4O4/c24-23(25,26)22(33)34-21(32)19-17-8-7-15-13-27-11-9-16(15)18(17)29-30(19)12-4-10-28-20(31)14-5-2-1-3-6-14/h9,11,13-14H,1-8,10,12H2,(H,28,31). The molecule has 2 heterocycles. The minimum absolute atomic E-state index is 0.00343. The number of hydrogen-bond donors (Lipinski definition) is 1. The molecule has 1 amide bonds. The quantitative estimate of drug-likeness (QED) is 0.388. The van der Waals surface area contributed by atoms with Crippen molar-refractivity contribution in [2.45, 2.75) is 64.1 Å². The van der Waals surface area contributed by atoms with Gasteiger partial charge in [-0.3, -0.25) is 14.5 Å². The van der Waals surface area contributed by atoms with Crippen LogP contribution in [0.3, 0.4) is 0 Å². The molecule has 0 radical (unpaired) electrons. The number of aromatic nitrogens is 3. The van der Waals surface area contributed by atoms with Crippen molar-refractivity contribution in [2.24, 2.45) is 5.92 Å². The molecule has 2 aliphatic rings. The maximum absolute atomic E-state index is 12.7. The van der Waals surface area contributed by atoms with E-state index in [4.69, 9.17) is 0 Å². The van der Waals surface area contributed by atoms with E-state index in [0.717, 1.165) is 43.2 Å². The zero-order valence-corrected chi connectivity index (χ0v) is 18.5. The molecule has 34 heavy (non-hydrogen) atoms. The molecular formula is C23H25F3N4O4. The Kier molecular flexibility index (Phi) is 6.99. The van der Waals surface area contributed by atoms with Gasteiger partial charge in [-0.15, -0.1) is 0 Å². The largest absolute Gasteiger partial charge is 0.491 e. The second kappa shape index (κ2) is 9.94. The third kappa shape index (κ3) is 5.13. The molecule has 0 unspecified atom stereocenters. The van der Waals surface area contributed by atoms with Gasteiger partial charge in [0, 0.05) is 42.5 Å². The number of rotatable bonds is 6. The van der Waals surface area contributed by atoms with Crippen LogP contribution >= 0.6 is 0 Å². The Balaban J connectivity index is 1.51. The molecule has 182 valence electrons. The molecule has 8 nitrogen and oxygen atoms in total. The zero-order valence-electron chi connectivity index (χ0n) is 18.5. The Bertz CT molecular complexity index is 1090. The molecule has 0 bridgehead atoms. The molecule has 0 aliphatic heterocycles. The van der Waals surface area contributed by atoms with Gasteiger partial charge in [-0.2, -0.15) is 18.3 Å². The molecule has 0 atom stereocenters. The van der Waals surface area contributed by atoms with Crippen molar-refractivity contribution in [1.29, 1.82) is 0 Å². The topological polar surface area (TPSA) is 103 Å². The molecule has 2 aliphatic carbocycles. The van der Waals surface area contributed by atoms with Crippen LogP contribution in [-0.4, -0.2) is 45.3 Å². The number of hydrogen-bond acceptors (Lipinski definition) is 6. The first kappa shape index (κ1) is 23.9. The molecule has 1 fully saturated rings. The lowest BCUT2D eigenvalue weighted by atomic mass is 9.89. The van der Waals surface area contributed by atoms with E-state index >= 15 is 0 Å². The van der Waals surface area contributed by atoms with Crippen molar-refractivity contribution in [3.05, 3.63) is 35.3 Å². The van der Waals surface area contributed by atoms with E-state index in [2.05, 4.69) is 20.1 Å². The fourth-order valence-electron chi connectivity index (χ4n) is 4.60. The van der Waals surface area contributed by atoms with Crippen LogP contribution in [0.1, 0.15) is 60.1 Å². The number of ether oxygens (including phenoxy) is 1. The fraction of sp³-hybridized carbons (Fsp3) is 0.522. The van der Waals surface area contributed by atoms with Crippen molar-refractivity contribution < 1.29 is 32.3 Å². The number of aryl methyl sites for hydroxylation is 2. The van der Waals surface area contributed by atoms with Crippen LogP contribution < -0.4 is 5.32 Å². The van der Waals surface area contributed by atoms with Crippen molar-refractivity contribution in [3.8, 4) is 11.3 Å². The molecule has 2 aromatic rings. The summed E-state index contributed by atoms with van der Waals surface area (Å²) in [4.78, 5) is 40.3. The molecule has 11 heteroatoms. The summed E-state index contributed by atoms with van der Waals surface area (Å²) in [6, 6.07) is 1.73. The maximum atomic E-state index is 12.7. The normalized spacial score (nSPS) is 15.9. The molecule has 0 spiro atoms. The fourth-order valence-corrected chi connectivity index (χ4v) is 4.60. The molecule has 0 saturated heterocycles. The maximum Gasteiger partial charge on any atom is 0.491 e. The summed E-state index contributed by atoms with van der Waals surface area (Å²) in [6.07, 6.45) is 4.18. The Morgan fingerprint density at radius 3 is 2.65 bits per heavy atom. The lowest BCUT2D eigenvalue weighted by molar-refractivity contribution is -0.193. The zero-order chi connectivity index (χ0) is 24.3. The van der Waals surface area contributed by atoms with E-state index in [-0.39, 0.29) is 24.1 Å². The van der Waals surface area contributed by atoms with E-state index in [1.165, 1.54) is 4.68 Å². The number of pyridine rings is 1. The first-order chi connectivity index (χ1) is 16.3. The minimum Gasteiger partial charge on any atom is -0.381 e. The highest BCUT2D eigenvalue weighted by Crippen LogP contribution is 2.34. The number of nitrogens with zero attached hydrogens (tertiary/aromatic N) is 3. The van der Waals surface area contributed by atoms with E-state index in [1.54, 1.807) is 18.5 Å². The van der Waals surface area contributed by atoms with Crippen LogP contribution in [0.4, 0.5) is 13.2 Å². The summed E-state index contributed by atoms with van der Waals surface area (Å²) in [6.45, 7) is 0.485. The number of alkyl halides is 3. The number of fused-ring (bicyclic) bond motifs is 3. The van der Waals surface area contributed by atoms with Gasteiger partial charge in [0.1, 0.15) is 0 Å². The highest BCUT2D eigenvalue weighted by Gasteiger charge is 2.43. The monoisotopic (exact) mass is 478 g/mol. The summed E-state index contributed by atoms with van der Waals surface area (Å²) in [5, 5.41) is 7.37. The Morgan fingerprint density at radius 1 is 1.15 bits per heavy atom. The van der Waals surface area contributed by atoms with Crippen molar-refractivity contribution in [2.75, 3.05) is 6.54 Å². The molecule has 1 saturated carbocycles. The number of esters is 2. The van der Waals surface area contributed by atoms with Gasteiger partial charge in [0.25, 0.3) is 0 Å². The second-order valence-corrected chi connectivity index (χ2v) is 8.59. The third-order valence-electron chi connectivity index (χ3n) is 6.29. The number of nitrogens with one attached hydrogen (secondary N) is 1. The van der Waals surface area contributed by atoms with E-state index < -0.39 is 18.1 Å². The third-order valence-corrected chi connectivity index (χ3v) is 6.29. The molecule has 0 aromatic carbocycles. The van der Waals surface area contributed by atoms with Gasteiger partial charge in [0.2, 0.25) is 5.91 Å². The van der Waals surface area contributed by atoms with Crippen LogP contribution in [0.15, 0.2) is 18.5 Å². The van der Waals surface area contributed by atoms with Crippen LogP contribution in [0, 0.1) is 5.92 Å². The molecule has 1 N–H and O–H groups in total. The SMILES string of the molecule is O=C(OC(=O)C(F)(F)F)c1c2c(nn1CCCNC(=O)C1CCCCC1)-c1ccncc1CC2. The number of halogens is 3. The Hall–Kier alpha value is -3.24. The predicted octanol–water partition coefficient (Wildman–Crippen LogP) is 3.38. The summed E-state index contributed by atoms with van der Waals surface area (Å²) < 4.78 is 43.4. The smallest absolute Gasteiger partial charge is 0.381 e. The lowest BCUT2D eigenvalue weighted by Gasteiger charge is -2.20. The van der Waals surface area contributed by atoms with Crippen LogP contribution in [-0.2, 0) is 33.7 Å². The van der Waals surface area contributed by atoms with E-state index in [1.807, 2.05) is 0 Å². The number of carbonyl (C=O) groups is 3. The minimum atomic E-state index is -5.29. The average molecular weight is 478 g/mol. The van der Waals surface area contributed by atoms with Crippen molar-refractivity contribution in [3.63, 3.8) is 0 Å². The van der Waals surface area contributed by atoms with Gasteiger partial charge >= 0.3 is 18.1 Å². The highest BCUT2D eigenvalue weighted by molar-refractivity contribution is 5.99. The van der Waals surface area contributed by atoms with Crippen LogP contribution in [0.2, 0.25) is 0 Å². The lowest BCUT2D eigenvalue weighted by Crippen LogP contribution is -2.33. The van der Waals surface area contributed by atoms with Gasteiger partial charge in [0.05, 0.1) is 5.69 Å². The average Bonchev–Trinajstić information content (AvgIpc) is 3.20. The molecule has 2 aromatic heterocycles. The van der Waals surface area contributed by atoms with Crippen molar-refractivity contribution in [1.82, 2.24) is 20.1 Å². The summed E-state index contributed by atoms with van der Waals surface area (Å²) in [5.74, 6) is -3.95. The van der Waals surface area contributed by atoms with Gasteiger partial charge in [-0.1, -0.05) is 19.3 Å². The Labute approximate surface area is 193 Å². The number of carbonyl (C=O) groups excluding carboxylic acids is 3. The van der Waals surface area contributed by atoms with Crippen molar-refractivity contribution >= 4 is 17.8 Å². The summed E-state index contributed by atoms with van der Waals surface area (Å²) in [5.41, 5.74) is 2.36. The molecular weight excluding hydrogens is 453 g/mol. The second-order valence-electron chi connectivity index (χ2n) is 8.59. The van der Waals surface area contributed by atoms with Gasteiger partial charge in [-0.05, 0) is 43.7 Å². The highest BCUT2D eigenvalue weighted by atomic mass is 19.4. The Morgan fingerprint density at radius 2 is 1.91 bits per heavy atom. The summed E-state index contributed by atoms with van der Waals surface area (Å²) >= 11 is 0. The first-order valence-electron chi connectivity index (χ1n) is 11.4. The van der Waals surface area contributed by atoms with E-state index in [0.29, 0.717) is 37.1 Å². The number of amides is 1. The molecule has 4 rings (SSSR count). The predicted molar refractivity (Wildman–Crippen MR) is 114 cm³/mol. The van der Waals surface area contributed by atoms with Gasteiger partial charge < -0.3 is 10.1 Å².